The van der Waals surface area contributed by atoms with Crippen LogP contribution < -0.4 is 5.32 Å². The van der Waals surface area contributed by atoms with Crippen molar-refractivity contribution in [1.82, 2.24) is 10.2 Å². The van der Waals surface area contributed by atoms with Crippen molar-refractivity contribution in [2.45, 2.75) is 38.8 Å². The Kier molecular flexibility index (Phi) is 5.62. The molecule has 1 aromatic carbocycles. The minimum absolute atomic E-state index is 0.616. The largest absolute Gasteiger partial charge is 0.317 e. The van der Waals surface area contributed by atoms with E-state index in [2.05, 4.69) is 53.5 Å². The summed E-state index contributed by atoms with van der Waals surface area (Å²) in [5.41, 5.74) is 3.04. The smallest absolute Gasteiger partial charge is 0.0237 e. The Morgan fingerprint density at radius 2 is 2.05 bits per heavy atom. The van der Waals surface area contributed by atoms with Gasteiger partial charge in [-0.15, -0.1) is 0 Å². The molecule has 1 aliphatic rings. The predicted molar refractivity (Wildman–Crippen MR) is 82.2 cm³/mol. The summed E-state index contributed by atoms with van der Waals surface area (Å²) in [5, 5.41) is 3.31. The molecule has 1 aliphatic heterocycles. The standard InChI is InChI=1S/C17H26N2/c1-15(18-2)10-11-17-9-6-12-19(14-17)13-16-7-4-3-5-8-16/h3-5,7-9,15,18H,6,10-14H2,1-2H3. The first-order valence-corrected chi connectivity index (χ1v) is 7.39. The molecule has 1 heterocycles. The highest BCUT2D eigenvalue weighted by Gasteiger charge is 2.13. The number of benzene rings is 1. The summed E-state index contributed by atoms with van der Waals surface area (Å²) in [5.74, 6) is 0. The third-order valence-electron chi connectivity index (χ3n) is 3.95. The molecule has 0 fully saturated rings. The van der Waals surface area contributed by atoms with Crippen molar-refractivity contribution in [3.05, 3.63) is 47.5 Å². The fourth-order valence-corrected chi connectivity index (χ4v) is 2.59. The highest BCUT2D eigenvalue weighted by Crippen LogP contribution is 2.17. The van der Waals surface area contributed by atoms with E-state index < -0.39 is 0 Å². The lowest BCUT2D eigenvalue weighted by molar-refractivity contribution is 0.277. The van der Waals surface area contributed by atoms with E-state index in [-0.39, 0.29) is 0 Å². The number of hydrogen-bond acceptors (Lipinski definition) is 2. The molecule has 2 heteroatoms. The average Bonchev–Trinajstić information content (AvgIpc) is 2.46. The topological polar surface area (TPSA) is 15.3 Å². The first-order chi connectivity index (χ1) is 9.28. The van der Waals surface area contributed by atoms with Crippen LogP contribution in [0.1, 0.15) is 31.7 Å². The fraction of sp³-hybridized carbons (Fsp3) is 0.529. The van der Waals surface area contributed by atoms with Gasteiger partial charge in [0.1, 0.15) is 0 Å². The number of nitrogens with zero attached hydrogens (tertiary/aromatic N) is 1. The van der Waals surface area contributed by atoms with Crippen molar-refractivity contribution in [3.63, 3.8) is 0 Å². The highest BCUT2D eigenvalue weighted by molar-refractivity contribution is 5.16. The minimum atomic E-state index is 0.616. The van der Waals surface area contributed by atoms with Gasteiger partial charge in [0.25, 0.3) is 0 Å². The Labute approximate surface area is 117 Å². The van der Waals surface area contributed by atoms with Crippen molar-refractivity contribution in [2.24, 2.45) is 0 Å². The van der Waals surface area contributed by atoms with E-state index in [4.69, 9.17) is 0 Å². The molecule has 0 saturated heterocycles. The van der Waals surface area contributed by atoms with Crippen molar-refractivity contribution in [3.8, 4) is 0 Å². The maximum atomic E-state index is 3.31. The Bertz CT molecular complexity index is 397. The molecule has 0 aliphatic carbocycles. The summed E-state index contributed by atoms with van der Waals surface area (Å²) in [6.07, 6.45) is 6.12. The molecule has 2 nitrogen and oxygen atoms in total. The molecule has 1 atom stereocenters. The Morgan fingerprint density at radius 1 is 1.26 bits per heavy atom. The average molecular weight is 258 g/mol. The van der Waals surface area contributed by atoms with Crippen LogP contribution in [0.3, 0.4) is 0 Å². The Morgan fingerprint density at radius 3 is 2.79 bits per heavy atom. The molecule has 0 amide bonds. The van der Waals surface area contributed by atoms with Crippen LogP contribution >= 0.6 is 0 Å². The van der Waals surface area contributed by atoms with Crippen molar-refractivity contribution in [2.75, 3.05) is 20.1 Å². The molecule has 19 heavy (non-hydrogen) atoms. The summed E-state index contributed by atoms with van der Waals surface area (Å²) in [7, 11) is 2.04. The van der Waals surface area contributed by atoms with Crippen LogP contribution in [0.4, 0.5) is 0 Å². The second-order valence-electron chi connectivity index (χ2n) is 5.58. The second kappa shape index (κ2) is 7.46. The van der Waals surface area contributed by atoms with Crippen LogP contribution in [-0.4, -0.2) is 31.1 Å². The van der Waals surface area contributed by atoms with Gasteiger partial charge < -0.3 is 5.32 Å². The summed E-state index contributed by atoms with van der Waals surface area (Å²) in [4.78, 5) is 2.56. The molecule has 1 unspecified atom stereocenters. The number of rotatable bonds is 6. The molecule has 104 valence electrons. The zero-order chi connectivity index (χ0) is 13.5. The van der Waals surface area contributed by atoms with E-state index in [1.54, 1.807) is 5.57 Å². The van der Waals surface area contributed by atoms with E-state index in [1.165, 1.54) is 31.4 Å². The summed E-state index contributed by atoms with van der Waals surface area (Å²) in [6, 6.07) is 11.4. The zero-order valence-electron chi connectivity index (χ0n) is 12.2. The van der Waals surface area contributed by atoms with Crippen molar-refractivity contribution >= 4 is 0 Å². The molecular weight excluding hydrogens is 232 g/mol. The van der Waals surface area contributed by atoms with Gasteiger partial charge in [-0.05, 0) is 38.8 Å². The molecule has 2 rings (SSSR count). The maximum Gasteiger partial charge on any atom is 0.0237 e. The molecule has 0 radical (unpaired) electrons. The van der Waals surface area contributed by atoms with Gasteiger partial charge in [-0.2, -0.15) is 0 Å². The van der Waals surface area contributed by atoms with E-state index in [1.807, 2.05) is 7.05 Å². The van der Waals surface area contributed by atoms with Crippen LogP contribution in [-0.2, 0) is 6.54 Å². The van der Waals surface area contributed by atoms with Gasteiger partial charge in [-0.3, -0.25) is 4.90 Å². The van der Waals surface area contributed by atoms with Gasteiger partial charge in [-0.25, -0.2) is 0 Å². The summed E-state index contributed by atoms with van der Waals surface area (Å²) in [6.45, 7) is 5.68. The molecule has 0 spiro atoms. The van der Waals surface area contributed by atoms with Gasteiger partial charge in [-0.1, -0.05) is 42.0 Å². The first kappa shape index (κ1) is 14.3. The predicted octanol–water partition coefficient (Wildman–Crippen LogP) is 3.21. The van der Waals surface area contributed by atoms with Crippen LogP contribution in [0.2, 0.25) is 0 Å². The molecule has 0 aromatic heterocycles. The van der Waals surface area contributed by atoms with E-state index in [0.29, 0.717) is 6.04 Å². The minimum Gasteiger partial charge on any atom is -0.317 e. The third-order valence-corrected chi connectivity index (χ3v) is 3.95. The SMILES string of the molecule is CNC(C)CCC1=CCCN(Cc2ccccc2)C1. The van der Waals surface area contributed by atoms with Crippen LogP contribution in [0.25, 0.3) is 0 Å². The Balaban J connectivity index is 1.81. The molecule has 1 aromatic rings. The van der Waals surface area contributed by atoms with E-state index >= 15 is 0 Å². The van der Waals surface area contributed by atoms with E-state index in [9.17, 15) is 0 Å². The van der Waals surface area contributed by atoms with Gasteiger partial charge in [0.15, 0.2) is 0 Å². The molecular formula is C17H26N2. The van der Waals surface area contributed by atoms with Crippen molar-refractivity contribution in [1.29, 1.82) is 0 Å². The van der Waals surface area contributed by atoms with Crippen LogP contribution in [0, 0.1) is 0 Å². The number of hydrogen-bond donors (Lipinski definition) is 1. The molecule has 1 N–H and O–H groups in total. The van der Waals surface area contributed by atoms with Crippen LogP contribution in [0.15, 0.2) is 42.0 Å². The lowest BCUT2D eigenvalue weighted by Crippen LogP contribution is -2.30. The lowest BCUT2D eigenvalue weighted by atomic mass is 10.0. The van der Waals surface area contributed by atoms with Crippen molar-refractivity contribution < 1.29 is 0 Å². The lowest BCUT2D eigenvalue weighted by Gasteiger charge is -2.28. The van der Waals surface area contributed by atoms with Gasteiger partial charge in [0.05, 0.1) is 0 Å². The third kappa shape index (κ3) is 4.81. The second-order valence-corrected chi connectivity index (χ2v) is 5.58. The molecule has 0 saturated carbocycles. The quantitative estimate of drug-likeness (QED) is 0.788. The summed E-state index contributed by atoms with van der Waals surface area (Å²) >= 11 is 0. The number of nitrogens with one attached hydrogen (secondary N) is 1. The highest BCUT2D eigenvalue weighted by atomic mass is 15.1. The normalized spacial score (nSPS) is 18.1. The summed E-state index contributed by atoms with van der Waals surface area (Å²) < 4.78 is 0. The van der Waals surface area contributed by atoms with Crippen LogP contribution in [0.5, 0.6) is 0 Å². The maximum absolute atomic E-state index is 3.31. The van der Waals surface area contributed by atoms with Gasteiger partial charge in [0, 0.05) is 25.7 Å². The Hall–Kier alpha value is -1.12. The van der Waals surface area contributed by atoms with Gasteiger partial charge >= 0.3 is 0 Å². The first-order valence-electron chi connectivity index (χ1n) is 7.39. The van der Waals surface area contributed by atoms with Gasteiger partial charge in [0.2, 0.25) is 0 Å². The fourth-order valence-electron chi connectivity index (χ4n) is 2.59. The zero-order valence-corrected chi connectivity index (χ0v) is 12.2. The monoisotopic (exact) mass is 258 g/mol. The molecule has 0 bridgehead atoms. The van der Waals surface area contributed by atoms with E-state index in [0.717, 1.165) is 13.1 Å².